The summed E-state index contributed by atoms with van der Waals surface area (Å²) in [5.41, 5.74) is 5.46. The van der Waals surface area contributed by atoms with Gasteiger partial charge in [0.1, 0.15) is 17.3 Å². The van der Waals surface area contributed by atoms with Gasteiger partial charge in [0, 0.05) is 35.5 Å². The molecule has 4 rings (SSSR count). The molecule has 38 heavy (non-hydrogen) atoms. The number of aromatic nitrogens is 2. The highest BCUT2D eigenvalue weighted by molar-refractivity contribution is 6.04. The monoisotopic (exact) mass is 509 g/mol. The maximum atomic E-state index is 13.0. The van der Waals surface area contributed by atoms with Crippen LogP contribution >= 0.6 is 0 Å². The molecule has 2 aromatic carbocycles. The summed E-state index contributed by atoms with van der Waals surface area (Å²) in [6.07, 6.45) is 5.19. The van der Waals surface area contributed by atoms with Crippen LogP contribution in [0, 0.1) is 11.3 Å². The van der Waals surface area contributed by atoms with Gasteiger partial charge in [0.25, 0.3) is 5.91 Å². The number of aromatic amines is 1. The summed E-state index contributed by atoms with van der Waals surface area (Å²) in [6, 6.07) is 17.4. The minimum Gasteiger partial charge on any atom is -0.493 e. The molecule has 1 amide bonds. The predicted octanol–water partition coefficient (Wildman–Crippen LogP) is 5.09. The fourth-order valence-corrected chi connectivity index (χ4v) is 4.35. The molecule has 0 fully saturated rings. The number of nitrogens with one attached hydrogen (secondary N) is 2. The molecule has 2 N–H and O–H groups in total. The Balaban J connectivity index is 1.62. The van der Waals surface area contributed by atoms with Crippen molar-refractivity contribution < 1.29 is 14.3 Å². The van der Waals surface area contributed by atoms with Crippen LogP contribution in [0.5, 0.6) is 11.5 Å². The van der Waals surface area contributed by atoms with E-state index in [1.165, 1.54) is 5.56 Å². The highest BCUT2D eigenvalue weighted by atomic mass is 16.5. The van der Waals surface area contributed by atoms with Crippen molar-refractivity contribution in [1.82, 2.24) is 20.2 Å². The number of methoxy groups -OCH3 is 2. The number of fused-ring (bicyclic) bond motifs is 1. The molecule has 2 heterocycles. The topological polar surface area (TPSA) is 103 Å². The first-order chi connectivity index (χ1) is 18.3. The van der Waals surface area contributed by atoms with Crippen LogP contribution in [0.2, 0.25) is 0 Å². The van der Waals surface area contributed by atoms with Crippen LogP contribution in [-0.4, -0.2) is 49.1 Å². The number of nitrogens with zero attached hydrogens (tertiary/aromatic N) is 3. The Kier molecular flexibility index (Phi) is 8.09. The van der Waals surface area contributed by atoms with Crippen LogP contribution in [0.25, 0.3) is 28.2 Å². The highest BCUT2D eigenvalue weighted by Crippen LogP contribution is 2.31. The van der Waals surface area contributed by atoms with E-state index >= 15 is 0 Å². The largest absolute Gasteiger partial charge is 0.493 e. The van der Waals surface area contributed by atoms with Crippen molar-refractivity contribution in [1.29, 1.82) is 5.26 Å². The molecule has 8 heteroatoms. The van der Waals surface area contributed by atoms with Gasteiger partial charge in [-0.05, 0) is 62.0 Å². The molecule has 8 nitrogen and oxygen atoms in total. The Labute approximate surface area is 222 Å². The lowest BCUT2D eigenvalue weighted by Crippen LogP contribution is -2.27. The third kappa shape index (κ3) is 5.69. The summed E-state index contributed by atoms with van der Waals surface area (Å²) in [6.45, 7) is 2.65. The van der Waals surface area contributed by atoms with Gasteiger partial charge in [0.2, 0.25) is 0 Å². The maximum absolute atomic E-state index is 13.0. The van der Waals surface area contributed by atoms with E-state index in [-0.39, 0.29) is 11.6 Å². The number of H-pyrrole nitrogens is 1. The highest BCUT2D eigenvalue weighted by Gasteiger charge is 2.17. The first kappa shape index (κ1) is 26.5. The molecular formula is C30H31N5O3. The molecule has 0 unspecified atom stereocenters. The van der Waals surface area contributed by atoms with E-state index in [0.717, 1.165) is 28.6 Å². The van der Waals surface area contributed by atoms with E-state index in [1.807, 2.05) is 57.6 Å². The number of pyridine rings is 1. The first-order valence-corrected chi connectivity index (χ1v) is 12.2. The zero-order valence-electron chi connectivity index (χ0n) is 22.2. The standard InChI is InChI=1S/C30H31N5O3/c1-19(20-10-11-27(37-4)28(14-20)38-5)34-30(36)22(15-31)12-23-16-32-29-26(23)13-24(17-33-29)25-9-7-6-8-21(25)18-35(2)3/h6-14,16-17,19H,18H2,1-5H3,(H,32,33)(H,34,36)/b22-12+/t19-/m1/s1. The van der Waals surface area contributed by atoms with Gasteiger partial charge >= 0.3 is 0 Å². The van der Waals surface area contributed by atoms with Crippen LogP contribution in [0.15, 0.2) is 66.5 Å². The predicted molar refractivity (Wildman–Crippen MR) is 149 cm³/mol. The van der Waals surface area contributed by atoms with Crippen LogP contribution < -0.4 is 14.8 Å². The van der Waals surface area contributed by atoms with E-state index in [0.29, 0.717) is 22.7 Å². The van der Waals surface area contributed by atoms with Crippen molar-refractivity contribution in [2.24, 2.45) is 0 Å². The maximum Gasteiger partial charge on any atom is 0.262 e. The van der Waals surface area contributed by atoms with Gasteiger partial charge < -0.3 is 24.7 Å². The van der Waals surface area contributed by atoms with Gasteiger partial charge in [-0.1, -0.05) is 30.3 Å². The molecule has 0 saturated heterocycles. The molecule has 0 saturated carbocycles. The number of hydrogen-bond acceptors (Lipinski definition) is 6. The number of carbonyl (C=O) groups is 1. The fraction of sp³-hybridized carbons (Fsp3) is 0.233. The van der Waals surface area contributed by atoms with Crippen molar-refractivity contribution in [3.8, 4) is 28.7 Å². The minimum atomic E-state index is -0.468. The first-order valence-electron chi connectivity index (χ1n) is 12.2. The van der Waals surface area contributed by atoms with Crippen molar-refractivity contribution in [2.75, 3.05) is 28.3 Å². The van der Waals surface area contributed by atoms with Gasteiger partial charge in [-0.15, -0.1) is 0 Å². The summed E-state index contributed by atoms with van der Waals surface area (Å²) < 4.78 is 10.7. The fourth-order valence-electron chi connectivity index (χ4n) is 4.35. The van der Waals surface area contributed by atoms with Crippen LogP contribution in [0.1, 0.15) is 29.7 Å². The summed E-state index contributed by atoms with van der Waals surface area (Å²) >= 11 is 0. The normalized spacial score (nSPS) is 12.3. The van der Waals surface area contributed by atoms with Crippen LogP contribution in [-0.2, 0) is 11.3 Å². The number of hydrogen-bond donors (Lipinski definition) is 2. The third-order valence-electron chi connectivity index (χ3n) is 6.30. The average Bonchev–Trinajstić information content (AvgIpc) is 3.32. The second kappa shape index (κ2) is 11.6. The van der Waals surface area contributed by atoms with Gasteiger partial charge in [0.15, 0.2) is 11.5 Å². The molecule has 1 atom stereocenters. The van der Waals surface area contributed by atoms with Gasteiger partial charge in [-0.3, -0.25) is 4.79 Å². The number of rotatable bonds is 9. The lowest BCUT2D eigenvalue weighted by molar-refractivity contribution is -0.117. The molecule has 4 aromatic rings. The summed E-state index contributed by atoms with van der Waals surface area (Å²) in [7, 11) is 7.20. The SMILES string of the molecule is COc1ccc([C@@H](C)NC(=O)/C(C#N)=C/c2c[nH]c3ncc(-c4ccccc4CN(C)C)cc23)cc1OC. The molecule has 0 spiro atoms. The Bertz CT molecular complexity index is 1530. The minimum absolute atomic E-state index is 0.00311. The Morgan fingerprint density at radius 2 is 1.92 bits per heavy atom. The second-order valence-corrected chi connectivity index (χ2v) is 9.24. The molecule has 2 aromatic heterocycles. The third-order valence-corrected chi connectivity index (χ3v) is 6.30. The van der Waals surface area contributed by atoms with Crippen LogP contribution in [0.4, 0.5) is 0 Å². The summed E-state index contributed by atoms with van der Waals surface area (Å²) in [5.74, 6) is 0.699. The number of nitriles is 1. The van der Waals surface area contributed by atoms with Gasteiger partial charge in [-0.2, -0.15) is 5.26 Å². The quantitative estimate of drug-likeness (QED) is 0.241. The summed E-state index contributed by atoms with van der Waals surface area (Å²) in [4.78, 5) is 22.9. The van der Waals surface area contributed by atoms with E-state index in [2.05, 4.69) is 32.3 Å². The molecule has 0 bridgehead atoms. The Hall–Kier alpha value is -4.61. The molecule has 0 aliphatic carbocycles. The average molecular weight is 510 g/mol. The lowest BCUT2D eigenvalue weighted by Gasteiger charge is -2.16. The molecule has 0 aliphatic heterocycles. The van der Waals surface area contributed by atoms with Gasteiger partial charge in [0.05, 0.1) is 20.3 Å². The van der Waals surface area contributed by atoms with Crippen molar-refractivity contribution >= 4 is 23.0 Å². The zero-order chi connectivity index (χ0) is 27.2. The molecule has 0 radical (unpaired) electrons. The Morgan fingerprint density at radius 3 is 2.63 bits per heavy atom. The van der Waals surface area contributed by atoms with E-state index in [1.54, 1.807) is 38.6 Å². The van der Waals surface area contributed by atoms with E-state index < -0.39 is 5.91 Å². The smallest absolute Gasteiger partial charge is 0.262 e. The lowest BCUT2D eigenvalue weighted by atomic mass is 9.99. The molecule has 0 aliphatic rings. The zero-order valence-corrected chi connectivity index (χ0v) is 22.2. The number of amides is 1. The number of benzene rings is 2. The van der Waals surface area contributed by atoms with Crippen molar-refractivity contribution in [3.63, 3.8) is 0 Å². The number of carbonyl (C=O) groups excluding carboxylic acids is 1. The second-order valence-electron chi connectivity index (χ2n) is 9.24. The van der Waals surface area contributed by atoms with Crippen LogP contribution in [0.3, 0.4) is 0 Å². The van der Waals surface area contributed by atoms with Crippen molar-refractivity contribution in [2.45, 2.75) is 19.5 Å². The van der Waals surface area contributed by atoms with Gasteiger partial charge in [-0.25, -0.2) is 4.98 Å². The molecule has 194 valence electrons. The summed E-state index contributed by atoms with van der Waals surface area (Å²) in [5, 5.41) is 13.5. The van der Waals surface area contributed by atoms with E-state index in [9.17, 15) is 10.1 Å². The van der Waals surface area contributed by atoms with E-state index in [4.69, 9.17) is 9.47 Å². The number of ether oxygens (including phenoxy) is 2. The Morgan fingerprint density at radius 1 is 1.16 bits per heavy atom. The van der Waals surface area contributed by atoms with Crippen molar-refractivity contribution in [3.05, 3.63) is 83.2 Å². The molecular weight excluding hydrogens is 478 g/mol.